The molecule has 6 aromatic rings. The van der Waals surface area contributed by atoms with Gasteiger partial charge in [0.2, 0.25) is 0 Å². The molecule has 0 saturated heterocycles. The van der Waals surface area contributed by atoms with Gasteiger partial charge in [0.05, 0.1) is 46.7 Å². The SMILES string of the molecule is COc1cc(N=Nc2c(SOOO)cc3cc(Nc4ccccc4)ccc3c2O)c(O)cc1N=Nc1ccc(C=Cc2ccc([N+](=O)[O-])cc2S(=O)(=O)O)c(SOOO)c1.[Cu]. The van der Waals surface area contributed by atoms with Crippen molar-refractivity contribution in [1.29, 1.82) is 0 Å². The summed E-state index contributed by atoms with van der Waals surface area (Å²) in [6.45, 7) is 0. The van der Waals surface area contributed by atoms with E-state index in [1.165, 1.54) is 49.6 Å². The van der Waals surface area contributed by atoms with Crippen LogP contribution in [0.1, 0.15) is 11.1 Å². The number of nitrogens with zero attached hydrogens (tertiary/aromatic N) is 5. The molecule has 0 bridgehead atoms. The summed E-state index contributed by atoms with van der Waals surface area (Å²) in [7, 11) is -3.51. The van der Waals surface area contributed by atoms with Crippen LogP contribution in [0.5, 0.6) is 17.2 Å². The quantitative estimate of drug-likeness (QED) is 0.00724. The maximum Gasteiger partial charge on any atom is 0.295 e. The van der Waals surface area contributed by atoms with Crippen molar-refractivity contribution in [2.75, 3.05) is 12.4 Å². The van der Waals surface area contributed by atoms with E-state index in [1.807, 2.05) is 30.3 Å². The molecular weight excluding hydrogens is 912 g/mol. The predicted molar refractivity (Wildman–Crippen MR) is 218 cm³/mol. The summed E-state index contributed by atoms with van der Waals surface area (Å²) >= 11 is 1.08. The van der Waals surface area contributed by atoms with Gasteiger partial charge in [0.15, 0.2) is 5.75 Å². The number of fused-ring (bicyclic) bond motifs is 1. The van der Waals surface area contributed by atoms with Gasteiger partial charge in [0, 0.05) is 63.0 Å². The standard InChI is InChI=1S/C37H28N6O14S3.Cu/c1-53-32-20-29(40-42-36-34(59-57-55-49)16-23-15-25(12-14-28(23)37(36)45)38-24-5-3-2-4-6-24)31(44)19-30(32)41-39-26-11-9-21(33(17-26)58-56-54-48)7-8-22-10-13-27(43(46)47)18-35(22)60(50,51)52;/h2-20,38,44-45,48-49H,1H3,(H,50,51,52);. The number of nitro groups is 1. The number of para-hydroxylation sites is 1. The van der Waals surface area contributed by atoms with Crippen LogP contribution < -0.4 is 10.1 Å². The molecule has 0 spiro atoms. The maximum atomic E-state index is 12.0. The average Bonchev–Trinajstić information content (AvgIpc) is 3.23. The van der Waals surface area contributed by atoms with E-state index in [0.717, 1.165) is 29.6 Å². The van der Waals surface area contributed by atoms with Crippen molar-refractivity contribution in [3.63, 3.8) is 0 Å². The number of benzene rings is 6. The second-order valence-corrected chi connectivity index (χ2v) is 14.7. The summed E-state index contributed by atoms with van der Waals surface area (Å²) in [4.78, 5) is 10.1. The van der Waals surface area contributed by atoms with E-state index in [-0.39, 0.29) is 66.7 Å². The second-order valence-electron chi connectivity index (χ2n) is 11.9. The number of nitrogens with one attached hydrogen (secondary N) is 1. The minimum atomic E-state index is -4.84. The number of nitro benzene ring substituents is 1. The minimum Gasteiger partial charge on any atom is -0.506 e. The van der Waals surface area contributed by atoms with Crippen LogP contribution in [0.25, 0.3) is 22.9 Å². The van der Waals surface area contributed by atoms with Crippen LogP contribution in [0.4, 0.5) is 39.8 Å². The topological polar surface area (TPSA) is 286 Å². The molecule has 0 saturated carbocycles. The summed E-state index contributed by atoms with van der Waals surface area (Å²) in [5.41, 5.74) is 1.40. The van der Waals surface area contributed by atoms with Crippen molar-refractivity contribution >= 4 is 96.9 Å². The fourth-order valence-corrected chi connectivity index (χ4v) is 7.14. The van der Waals surface area contributed by atoms with Gasteiger partial charge in [0.25, 0.3) is 15.8 Å². The van der Waals surface area contributed by atoms with Gasteiger partial charge in [-0.15, -0.1) is 24.0 Å². The van der Waals surface area contributed by atoms with E-state index in [4.69, 9.17) is 15.3 Å². The zero-order valence-corrected chi connectivity index (χ0v) is 34.0. The Morgan fingerprint density at radius 3 is 2.13 bits per heavy atom. The van der Waals surface area contributed by atoms with Gasteiger partial charge in [-0.1, -0.05) is 46.5 Å². The number of phenols is 2. The first kappa shape index (κ1) is 46.1. The molecule has 24 heteroatoms. The molecule has 0 aromatic heterocycles. The van der Waals surface area contributed by atoms with Crippen LogP contribution in [0.15, 0.2) is 138 Å². The van der Waals surface area contributed by atoms with Gasteiger partial charge in [-0.3, -0.25) is 14.7 Å². The van der Waals surface area contributed by atoms with Crippen molar-refractivity contribution in [1.82, 2.24) is 0 Å². The summed E-state index contributed by atoms with van der Waals surface area (Å²) in [5.74, 6) is -0.593. The number of aromatic hydroxyl groups is 2. The fraction of sp³-hybridized carbons (Fsp3) is 0.0270. The van der Waals surface area contributed by atoms with Gasteiger partial charge in [-0.25, -0.2) is 10.5 Å². The van der Waals surface area contributed by atoms with Crippen LogP contribution in [0.3, 0.4) is 0 Å². The number of hydrogen-bond donors (Lipinski definition) is 6. The molecule has 319 valence electrons. The maximum absolute atomic E-state index is 12.0. The van der Waals surface area contributed by atoms with Gasteiger partial charge < -0.3 is 20.3 Å². The van der Waals surface area contributed by atoms with E-state index in [1.54, 1.807) is 24.3 Å². The van der Waals surface area contributed by atoms with E-state index in [2.05, 4.69) is 44.5 Å². The van der Waals surface area contributed by atoms with Crippen molar-refractivity contribution in [3.05, 3.63) is 124 Å². The number of non-ortho nitro benzene ring substituents is 1. The monoisotopic (exact) mass is 939 g/mol. The van der Waals surface area contributed by atoms with Crippen molar-refractivity contribution in [2.24, 2.45) is 20.5 Å². The van der Waals surface area contributed by atoms with Crippen LogP contribution in [0, 0.1) is 10.1 Å². The number of methoxy groups -OCH3 is 1. The second kappa shape index (κ2) is 21.0. The molecule has 20 nitrogen and oxygen atoms in total. The Labute approximate surface area is 363 Å². The third-order valence-corrected chi connectivity index (χ3v) is 10.3. The Morgan fingerprint density at radius 2 is 1.44 bits per heavy atom. The Balaban J connectivity index is 0.00000704. The molecule has 6 rings (SSSR count). The zero-order chi connectivity index (χ0) is 42.8. The van der Waals surface area contributed by atoms with Gasteiger partial charge >= 0.3 is 0 Å². The summed E-state index contributed by atoms with van der Waals surface area (Å²) in [6.07, 6.45) is 2.68. The van der Waals surface area contributed by atoms with Crippen molar-refractivity contribution < 1.29 is 79.2 Å². The molecule has 0 heterocycles. The molecule has 1 radical (unpaired) electrons. The minimum absolute atomic E-state index is 0. The number of hydrogen-bond acceptors (Lipinski definition) is 20. The molecule has 61 heavy (non-hydrogen) atoms. The van der Waals surface area contributed by atoms with E-state index >= 15 is 0 Å². The molecule has 6 N–H and O–H groups in total. The van der Waals surface area contributed by atoms with Crippen molar-refractivity contribution in [2.45, 2.75) is 14.7 Å². The van der Waals surface area contributed by atoms with Crippen LogP contribution in [-0.2, 0) is 45.9 Å². The Morgan fingerprint density at radius 1 is 0.754 bits per heavy atom. The van der Waals surface area contributed by atoms with Gasteiger partial charge in [0.1, 0.15) is 33.5 Å². The Hall–Kier alpha value is -5.99. The van der Waals surface area contributed by atoms with Gasteiger partial charge in [-0.05, 0) is 71.1 Å². The van der Waals surface area contributed by atoms with Crippen molar-refractivity contribution in [3.8, 4) is 17.2 Å². The summed E-state index contributed by atoms with van der Waals surface area (Å²) in [5, 5.41) is 79.3. The normalized spacial score (nSPS) is 11.7. The van der Waals surface area contributed by atoms with E-state index < -0.39 is 31.4 Å². The molecule has 0 aliphatic carbocycles. The predicted octanol–water partition coefficient (Wildman–Crippen LogP) is 11.0. The average molecular weight is 940 g/mol. The molecule has 0 unspecified atom stereocenters. The number of phenolic OH excluding ortho intramolecular Hbond substituents is 2. The molecular formula is C37H28CuN6O14S3. The number of rotatable bonds is 17. The number of anilines is 2. The first-order chi connectivity index (χ1) is 28.9. The summed E-state index contributed by atoms with van der Waals surface area (Å²) < 4.78 is 48.2. The van der Waals surface area contributed by atoms with Gasteiger partial charge in [-0.2, -0.15) is 13.5 Å². The molecule has 0 fully saturated rings. The largest absolute Gasteiger partial charge is 0.506 e. The van der Waals surface area contributed by atoms with Crippen LogP contribution >= 0.6 is 24.1 Å². The zero-order valence-electron chi connectivity index (χ0n) is 30.6. The summed E-state index contributed by atoms with van der Waals surface area (Å²) in [6, 6.07) is 26.2. The molecule has 0 amide bonds. The molecule has 0 atom stereocenters. The fourth-order valence-electron chi connectivity index (χ4n) is 5.44. The number of azo groups is 2. The third-order valence-electron chi connectivity index (χ3n) is 8.15. The van der Waals surface area contributed by atoms with E-state index in [9.17, 15) is 33.3 Å². The molecule has 6 aromatic carbocycles. The Kier molecular flexibility index (Phi) is 15.9. The first-order valence-corrected chi connectivity index (χ1v) is 19.5. The van der Waals surface area contributed by atoms with Crippen LogP contribution in [0.2, 0.25) is 0 Å². The first-order valence-electron chi connectivity index (χ1n) is 16.6. The molecule has 0 aliphatic rings. The Bertz CT molecular complexity index is 2770. The number of ether oxygens (including phenoxy) is 1. The smallest absolute Gasteiger partial charge is 0.295 e. The van der Waals surface area contributed by atoms with Crippen LogP contribution in [-0.4, -0.2) is 45.7 Å². The third kappa shape index (κ3) is 11.6. The molecule has 0 aliphatic heterocycles. The van der Waals surface area contributed by atoms with E-state index in [0.29, 0.717) is 40.4 Å².